The van der Waals surface area contributed by atoms with Crippen molar-refractivity contribution in [2.75, 3.05) is 11.9 Å². The van der Waals surface area contributed by atoms with Crippen molar-refractivity contribution in [3.63, 3.8) is 0 Å². The van der Waals surface area contributed by atoms with Crippen LogP contribution >= 0.6 is 0 Å². The van der Waals surface area contributed by atoms with Gasteiger partial charge in [0.1, 0.15) is 0 Å². The Bertz CT molecular complexity index is 221. The summed E-state index contributed by atoms with van der Waals surface area (Å²) in [4.78, 5) is 4.25. The number of nitrogens with zero attached hydrogens (tertiary/aromatic N) is 1. The van der Waals surface area contributed by atoms with Crippen LogP contribution in [0.3, 0.4) is 0 Å². The number of anilines is 1. The molecule has 1 aromatic rings. The summed E-state index contributed by atoms with van der Waals surface area (Å²) in [5.41, 5.74) is 2.31. The van der Waals surface area contributed by atoms with Crippen LogP contribution in [0, 0.1) is 0 Å². The van der Waals surface area contributed by atoms with E-state index < -0.39 is 0 Å². The minimum atomic E-state index is 0.957. The molecule has 1 heterocycles. The zero-order valence-electron chi connectivity index (χ0n) is 7.09. The quantitative estimate of drug-likeness (QED) is 0.713. The molecule has 0 atom stereocenters. The van der Waals surface area contributed by atoms with E-state index in [1.54, 1.807) is 0 Å². The summed E-state index contributed by atoms with van der Waals surface area (Å²) >= 11 is 0. The molecule has 2 heteroatoms. The van der Waals surface area contributed by atoms with Gasteiger partial charge >= 0.3 is 0 Å². The number of aromatic nitrogens is 1. The van der Waals surface area contributed by atoms with Crippen molar-refractivity contribution in [1.29, 1.82) is 0 Å². The SMILES string of the molecule is CCNc1cccnc1CC. The molecule has 0 saturated carbocycles. The summed E-state index contributed by atoms with van der Waals surface area (Å²) < 4.78 is 0. The third-order valence-electron chi connectivity index (χ3n) is 1.59. The molecule has 11 heavy (non-hydrogen) atoms. The highest BCUT2D eigenvalue weighted by atomic mass is 14.9. The molecule has 0 aromatic carbocycles. The number of hydrogen-bond donors (Lipinski definition) is 1. The monoisotopic (exact) mass is 150 g/mol. The third-order valence-corrected chi connectivity index (χ3v) is 1.59. The molecule has 0 bridgehead atoms. The first-order valence-electron chi connectivity index (χ1n) is 4.06. The van der Waals surface area contributed by atoms with Gasteiger partial charge in [0.2, 0.25) is 0 Å². The van der Waals surface area contributed by atoms with Gasteiger partial charge in [0.15, 0.2) is 0 Å². The molecule has 0 aliphatic rings. The van der Waals surface area contributed by atoms with Crippen LogP contribution in [-0.2, 0) is 6.42 Å². The maximum Gasteiger partial charge on any atom is 0.0631 e. The van der Waals surface area contributed by atoms with Crippen molar-refractivity contribution in [2.45, 2.75) is 20.3 Å². The molecule has 2 nitrogen and oxygen atoms in total. The number of hydrogen-bond acceptors (Lipinski definition) is 2. The molecule has 0 saturated heterocycles. The Morgan fingerprint density at radius 1 is 1.45 bits per heavy atom. The zero-order chi connectivity index (χ0) is 8.10. The van der Waals surface area contributed by atoms with Gasteiger partial charge in [-0.15, -0.1) is 0 Å². The number of rotatable bonds is 3. The van der Waals surface area contributed by atoms with Crippen LogP contribution in [0.15, 0.2) is 18.3 Å². The van der Waals surface area contributed by atoms with Crippen molar-refractivity contribution >= 4 is 5.69 Å². The first-order chi connectivity index (χ1) is 5.38. The van der Waals surface area contributed by atoms with Gasteiger partial charge in [0.25, 0.3) is 0 Å². The normalized spacial score (nSPS) is 9.64. The zero-order valence-corrected chi connectivity index (χ0v) is 7.09. The topological polar surface area (TPSA) is 24.9 Å². The van der Waals surface area contributed by atoms with E-state index in [1.807, 2.05) is 12.3 Å². The van der Waals surface area contributed by atoms with Gasteiger partial charge < -0.3 is 5.32 Å². The van der Waals surface area contributed by atoms with Gasteiger partial charge in [-0.25, -0.2) is 0 Å². The van der Waals surface area contributed by atoms with E-state index in [1.165, 1.54) is 0 Å². The Balaban J connectivity index is 2.83. The third kappa shape index (κ3) is 1.93. The van der Waals surface area contributed by atoms with Crippen molar-refractivity contribution in [1.82, 2.24) is 4.98 Å². The van der Waals surface area contributed by atoms with Crippen molar-refractivity contribution in [3.8, 4) is 0 Å². The molecule has 1 aromatic heterocycles. The molecule has 0 unspecified atom stereocenters. The largest absolute Gasteiger partial charge is 0.384 e. The second-order valence-corrected chi connectivity index (χ2v) is 2.38. The van der Waals surface area contributed by atoms with Crippen LogP contribution in [0.2, 0.25) is 0 Å². The highest BCUT2D eigenvalue weighted by molar-refractivity contribution is 5.47. The summed E-state index contributed by atoms with van der Waals surface area (Å²) in [7, 11) is 0. The summed E-state index contributed by atoms with van der Waals surface area (Å²) in [6, 6.07) is 4.02. The molecule has 60 valence electrons. The maximum atomic E-state index is 4.25. The Morgan fingerprint density at radius 2 is 2.27 bits per heavy atom. The van der Waals surface area contributed by atoms with E-state index in [2.05, 4.69) is 30.2 Å². The lowest BCUT2D eigenvalue weighted by atomic mass is 10.2. The van der Waals surface area contributed by atoms with Crippen LogP contribution < -0.4 is 5.32 Å². The summed E-state index contributed by atoms with van der Waals surface area (Å²) in [5.74, 6) is 0. The lowest BCUT2D eigenvalue weighted by Gasteiger charge is -2.06. The van der Waals surface area contributed by atoms with Crippen molar-refractivity contribution < 1.29 is 0 Å². The fraction of sp³-hybridized carbons (Fsp3) is 0.444. The molecule has 0 amide bonds. The van der Waals surface area contributed by atoms with E-state index in [0.29, 0.717) is 0 Å². The molecule has 0 fully saturated rings. The standard InChI is InChI=1S/C9H14N2/c1-3-8-9(10-4-2)6-5-7-11-8/h5-7,10H,3-4H2,1-2H3. The average molecular weight is 150 g/mol. The Hall–Kier alpha value is -1.05. The summed E-state index contributed by atoms with van der Waals surface area (Å²) in [6.07, 6.45) is 2.82. The van der Waals surface area contributed by atoms with Gasteiger partial charge in [-0.3, -0.25) is 4.98 Å². The highest BCUT2D eigenvalue weighted by Crippen LogP contribution is 2.11. The molecule has 1 N–H and O–H groups in total. The van der Waals surface area contributed by atoms with Crippen LogP contribution in [0.4, 0.5) is 5.69 Å². The first-order valence-corrected chi connectivity index (χ1v) is 4.06. The number of pyridine rings is 1. The van der Waals surface area contributed by atoms with E-state index in [-0.39, 0.29) is 0 Å². The predicted octanol–water partition coefficient (Wildman–Crippen LogP) is 2.08. The van der Waals surface area contributed by atoms with Crippen molar-refractivity contribution in [2.24, 2.45) is 0 Å². The minimum absolute atomic E-state index is 0.957. The molecule has 0 radical (unpaired) electrons. The lowest BCUT2D eigenvalue weighted by molar-refractivity contribution is 1.02. The Labute approximate surface area is 67.7 Å². The van der Waals surface area contributed by atoms with Crippen LogP contribution in [-0.4, -0.2) is 11.5 Å². The van der Waals surface area contributed by atoms with Gasteiger partial charge in [-0.05, 0) is 25.5 Å². The van der Waals surface area contributed by atoms with E-state index in [4.69, 9.17) is 0 Å². The second kappa shape index (κ2) is 3.96. The van der Waals surface area contributed by atoms with Crippen LogP contribution in [0.5, 0.6) is 0 Å². The Kier molecular flexibility index (Phi) is 2.90. The van der Waals surface area contributed by atoms with E-state index in [9.17, 15) is 0 Å². The van der Waals surface area contributed by atoms with E-state index in [0.717, 1.165) is 24.3 Å². The van der Waals surface area contributed by atoms with Crippen LogP contribution in [0.1, 0.15) is 19.5 Å². The van der Waals surface area contributed by atoms with Crippen LogP contribution in [0.25, 0.3) is 0 Å². The number of nitrogens with one attached hydrogen (secondary N) is 1. The number of aryl methyl sites for hydroxylation is 1. The fourth-order valence-electron chi connectivity index (χ4n) is 1.07. The molecule has 1 rings (SSSR count). The first kappa shape index (κ1) is 8.05. The van der Waals surface area contributed by atoms with E-state index >= 15 is 0 Å². The minimum Gasteiger partial charge on any atom is -0.384 e. The smallest absolute Gasteiger partial charge is 0.0631 e. The molecular weight excluding hydrogens is 136 g/mol. The molecule has 0 spiro atoms. The lowest BCUT2D eigenvalue weighted by Crippen LogP contribution is -2.01. The van der Waals surface area contributed by atoms with Gasteiger partial charge in [-0.2, -0.15) is 0 Å². The highest BCUT2D eigenvalue weighted by Gasteiger charge is 1.96. The van der Waals surface area contributed by atoms with Gasteiger partial charge in [0.05, 0.1) is 11.4 Å². The molecule has 0 aliphatic carbocycles. The maximum absolute atomic E-state index is 4.25. The second-order valence-electron chi connectivity index (χ2n) is 2.38. The average Bonchev–Trinajstić information content (AvgIpc) is 2.06. The van der Waals surface area contributed by atoms with Gasteiger partial charge in [0, 0.05) is 12.7 Å². The molecule has 0 aliphatic heterocycles. The fourth-order valence-corrected chi connectivity index (χ4v) is 1.07. The van der Waals surface area contributed by atoms with Gasteiger partial charge in [-0.1, -0.05) is 6.92 Å². The van der Waals surface area contributed by atoms with Crippen molar-refractivity contribution in [3.05, 3.63) is 24.0 Å². The predicted molar refractivity (Wildman–Crippen MR) is 47.8 cm³/mol. The summed E-state index contributed by atoms with van der Waals surface area (Å²) in [6.45, 7) is 5.16. The summed E-state index contributed by atoms with van der Waals surface area (Å²) in [5, 5.41) is 3.26. The Morgan fingerprint density at radius 3 is 2.91 bits per heavy atom. The molecular formula is C9H14N2.